The highest BCUT2D eigenvalue weighted by atomic mass is 32.2. The Morgan fingerprint density at radius 2 is 2.00 bits per heavy atom. The van der Waals surface area contributed by atoms with Crippen LogP contribution < -0.4 is 0 Å². The second-order valence-corrected chi connectivity index (χ2v) is 4.47. The smallest absolute Gasteiger partial charge is 0.307 e. The molecule has 1 atom stereocenters. The maximum atomic E-state index is 10.6. The normalized spacial score (nSPS) is 12.5. The van der Waals surface area contributed by atoms with Gasteiger partial charge in [-0.2, -0.15) is 0 Å². The molecular formula is C10H14N2O2S. The third-order valence-corrected chi connectivity index (χ3v) is 2.95. The topological polar surface area (TPSA) is 63.1 Å². The molecule has 1 N–H and O–H groups in total. The van der Waals surface area contributed by atoms with Gasteiger partial charge in [0.2, 0.25) is 0 Å². The number of carbonyl (C=O) groups is 1. The first kappa shape index (κ1) is 12.0. The summed E-state index contributed by atoms with van der Waals surface area (Å²) in [4.78, 5) is 19.0. The monoisotopic (exact) mass is 226 g/mol. The van der Waals surface area contributed by atoms with Crippen molar-refractivity contribution < 1.29 is 9.90 Å². The van der Waals surface area contributed by atoms with Gasteiger partial charge in [0.15, 0.2) is 5.16 Å². The lowest BCUT2D eigenvalue weighted by atomic mass is 10.2. The van der Waals surface area contributed by atoms with Gasteiger partial charge < -0.3 is 5.11 Å². The summed E-state index contributed by atoms with van der Waals surface area (Å²) in [5.41, 5.74) is 1.82. The lowest BCUT2D eigenvalue weighted by Crippen LogP contribution is -2.12. The maximum absolute atomic E-state index is 10.6. The third-order valence-electron chi connectivity index (χ3n) is 1.85. The lowest BCUT2D eigenvalue weighted by molar-refractivity contribution is -0.140. The van der Waals surface area contributed by atoms with Crippen molar-refractivity contribution in [1.82, 2.24) is 9.97 Å². The van der Waals surface area contributed by atoms with Crippen molar-refractivity contribution in [3.63, 3.8) is 0 Å². The average molecular weight is 226 g/mol. The van der Waals surface area contributed by atoms with Crippen LogP contribution in [0.15, 0.2) is 11.2 Å². The molecule has 0 aliphatic heterocycles. The summed E-state index contributed by atoms with van der Waals surface area (Å²) in [6.45, 7) is 5.48. The summed E-state index contributed by atoms with van der Waals surface area (Å²) < 4.78 is 0. The van der Waals surface area contributed by atoms with Crippen LogP contribution in [-0.2, 0) is 4.79 Å². The SMILES string of the molecule is Cc1cc(C)nc(SCC(C)C(=O)O)n1. The highest BCUT2D eigenvalue weighted by Gasteiger charge is 2.12. The van der Waals surface area contributed by atoms with Gasteiger partial charge in [0.1, 0.15) is 0 Å². The Bertz CT molecular complexity index is 348. The molecule has 1 heterocycles. The number of aryl methyl sites for hydroxylation is 2. The van der Waals surface area contributed by atoms with E-state index in [1.54, 1.807) is 6.92 Å². The van der Waals surface area contributed by atoms with Crippen LogP contribution in [0.3, 0.4) is 0 Å². The highest BCUT2D eigenvalue weighted by molar-refractivity contribution is 7.99. The van der Waals surface area contributed by atoms with Crippen molar-refractivity contribution >= 4 is 17.7 Å². The molecule has 5 heteroatoms. The van der Waals surface area contributed by atoms with E-state index in [0.717, 1.165) is 11.4 Å². The quantitative estimate of drug-likeness (QED) is 0.627. The fourth-order valence-electron chi connectivity index (χ4n) is 1.03. The number of aromatic nitrogens is 2. The summed E-state index contributed by atoms with van der Waals surface area (Å²) >= 11 is 1.38. The molecule has 0 aliphatic rings. The van der Waals surface area contributed by atoms with Gasteiger partial charge >= 0.3 is 5.97 Å². The van der Waals surface area contributed by atoms with Crippen LogP contribution in [-0.4, -0.2) is 26.8 Å². The first-order valence-electron chi connectivity index (χ1n) is 4.67. The van der Waals surface area contributed by atoms with Gasteiger partial charge in [0, 0.05) is 17.1 Å². The molecular weight excluding hydrogens is 212 g/mol. The van der Waals surface area contributed by atoms with Gasteiger partial charge in [-0.1, -0.05) is 18.7 Å². The second-order valence-electron chi connectivity index (χ2n) is 3.48. The molecule has 1 aromatic rings. The zero-order valence-electron chi connectivity index (χ0n) is 9.02. The zero-order valence-corrected chi connectivity index (χ0v) is 9.84. The number of nitrogens with zero attached hydrogens (tertiary/aromatic N) is 2. The van der Waals surface area contributed by atoms with E-state index in [-0.39, 0.29) is 5.92 Å². The fourth-order valence-corrected chi connectivity index (χ4v) is 1.99. The van der Waals surface area contributed by atoms with E-state index in [1.165, 1.54) is 11.8 Å². The Hall–Kier alpha value is -1.10. The number of carboxylic acids is 1. The van der Waals surface area contributed by atoms with Crippen molar-refractivity contribution in [2.45, 2.75) is 25.9 Å². The number of rotatable bonds is 4. The molecule has 0 saturated heterocycles. The molecule has 1 aromatic heterocycles. The fraction of sp³-hybridized carbons (Fsp3) is 0.500. The Labute approximate surface area is 93.1 Å². The van der Waals surface area contributed by atoms with Crippen LogP contribution in [0.4, 0.5) is 0 Å². The van der Waals surface area contributed by atoms with Crippen molar-refractivity contribution in [1.29, 1.82) is 0 Å². The van der Waals surface area contributed by atoms with E-state index in [0.29, 0.717) is 10.9 Å². The average Bonchev–Trinajstić information content (AvgIpc) is 2.12. The number of hydrogen-bond donors (Lipinski definition) is 1. The minimum atomic E-state index is -0.785. The molecule has 1 unspecified atom stereocenters. The first-order valence-corrected chi connectivity index (χ1v) is 5.65. The molecule has 0 aromatic carbocycles. The zero-order chi connectivity index (χ0) is 11.4. The molecule has 0 amide bonds. The van der Waals surface area contributed by atoms with Crippen molar-refractivity contribution in [2.24, 2.45) is 5.92 Å². The summed E-state index contributed by atoms with van der Waals surface area (Å²) in [5, 5.41) is 9.37. The third kappa shape index (κ3) is 3.87. The molecule has 0 radical (unpaired) electrons. The van der Waals surface area contributed by atoms with E-state index in [2.05, 4.69) is 9.97 Å². The number of thioether (sulfide) groups is 1. The summed E-state index contributed by atoms with van der Waals surface area (Å²) in [6, 6.07) is 1.89. The molecule has 0 fully saturated rings. The van der Waals surface area contributed by atoms with E-state index in [1.807, 2.05) is 19.9 Å². The van der Waals surface area contributed by atoms with E-state index >= 15 is 0 Å². The molecule has 15 heavy (non-hydrogen) atoms. The molecule has 0 spiro atoms. The van der Waals surface area contributed by atoms with Gasteiger partial charge in [0.05, 0.1) is 5.92 Å². The first-order chi connectivity index (χ1) is 6.99. The Morgan fingerprint density at radius 3 is 2.47 bits per heavy atom. The van der Waals surface area contributed by atoms with Crippen LogP contribution in [0, 0.1) is 19.8 Å². The van der Waals surface area contributed by atoms with Gasteiger partial charge in [-0.05, 0) is 19.9 Å². The van der Waals surface area contributed by atoms with Gasteiger partial charge in [-0.25, -0.2) is 9.97 Å². The van der Waals surface area contributed by atoms with Crippen molar-refractivity contribution in [2.75, 3.05) is 5.75 Å². The minimum absolute atomic E-state index is 0.376. The number of hydrogen-bond acceptors (Lipinski definition) is 4. The molecule has 0 aliphatic carbocycles. The van der Waals surface area contributed by atoms with Gasteiger partial charge in [0.25, 0.3) is 0 Å². The molecule has 1 rings (SSSR count). The molecule has 82 valence electrons. The maximum Gasteiger partial charge on any atom is 0.307 e. The van der Waals surface area contributed by atoms with Crippen LogP contribution in [0.25, 0.3) is 0 Å². The Balaban J connectivity index is 2.61. The predicted octanol–water partition coefficient (Wildman–Crippen LogP) is 1.91. The Kier molecular flexibility index (Phi) is 4.08. The van der Waals surface area contributed by atoms with Crippen molar-refractivity contribution in [3.05, 3.63) is 17.5 Å². The summed E-state index contributed by atoms with van der Waals surface area (Å²) in [5.74, 6) is -0.663. The van der Waals surface area contributed by atoms with E-state index in [9.17, 15) is 4.79 Å². The number of aliphatic carboxylic acids is 1. The van der Waals surface area contributed by atoms with Crippen molar-refractivity contribution in [3.8, 4) is 0 Å². The van der Waals surface area contributed by atoms with Crippen LogP contribution in [0.5, 0.6) is 0 Å². The second kappa shape index (κ2) is 5.11. The minimum Gasteiger partial charge on any atom is -0.481 e. The largest absolute Gasteiger partial charge is 0.481 e. The summed E-state index contributed by atoms with van der Waals surface area (Å²) in [6.07, 6.45) is 0. The van der Waals surface area contributed by atoms with Crippen LogP contribution in [0.1, 0.15) is 18.3 Å². The van der Waals surface area contributed by atoms with Gasteiger partial charge in [-0.15, -0.1) is 0 Å². The molecule has 0 bridgehead atoms. The number of carboxylic acid groups (broad SMARTS) is 1. The highest BCUT2D eigenvalue weighted by Crippen LogP contribution is 2.17. The Morgan fingerprint density at radius 1 is 1.47 bits per heavy atom. The van der Waals surface area contributed by atoms with E-state index in [4.69, 9.17) is 5.11 Å². The van der Waals surface area contributed by atoms with Crippen LogP contribution in [0.2, 0.25) is 0 Å². The van der Waals surface area contributed by atoms with Crippen LogP contribution >= 0.6 is 11.8 Å². The summed E-state index contributed by atoms with van der Waals surface area (Å²) in [7, 11) is 0. The molecule has 4 nitrogen and oxygen atoms in total. The standard InChI is InChI=1S/C10H14N2O2S/c1-6(9(13)14)5-15-10-11-7(2)4-8(3)12-10/h4,6H,5H2,1-3H3,(H,13,14). The predicted molar refractivity (Wildman–Crippen MR) is 59.0 cm³/mol. The molecule has 0 saturated carbocycles. The van der Waals surface area contributed by atoms with E-state index < -0.39 is 5.97 Å². The lowest BCUT2D eigenvalue weighted by Gasteiger charge is -2.05. The van der Waals surface area contributed by atoms with Gasteiger partial charge in [-0.3, -0.25) is 4.79 Å².